The van der Waals surface area contributed by atoms with Crippen molar-refractivity contribution in [1.29, 1.82) is 0 Å². The van der Waals surface area contributed by atoms with Gasteiger partial charge in [-0.3, -0.25) is 4.79 Å². The molecule has 0 aliphatic carbocycles. The number of halogens is 1. The van der Waals surface area contributed by atoms with Crippen molar-refractivity contribution >= 4 is 18.1 Å². The number of nitrogens with zero attached hydrogens (tertiary/aromatic N) is 3. The molecule has 0 saturated heterocycles. The van der Waals surface area contributed by atoms with Gasteiger partial charge in [0.2, 0.25) is 12.4 Å². The molecular weight excluding hydrogens is 289 g/mol. The van der Waals surface area contributed by atoms with Crippen LogP contribution in [0.4, 0.5) is 10.3 Å². The molecule has 3 N–H and O–H groups in total. The van der Waals surface area contributed by atoms with Crippen molar-refractivity contribution in [2.45, 2.75) is 0 Å². The van der Waals surface area contributed by atoms with Crippen molar-refractivity contribution in [2.75, 3.05) is 19.5 Å². The number of hydrazone groups is 1. The first kappa shape index (κ1) is 15.5. The highest BCUT2D eigenvalue weighted by atomic mass is 19.1. The summed E-state index contributed by atoms with van der Waals surface area (Å²) in [4.78, 5) is 18.0. The number of benzene rings is 1. The van der Waals surface area contributed by atoms with Crippen LogP contribution in [0.1, 0.15) is 5.56 Å². The number of hydrogen-bond acceptors (Lipinski definition) is 6. The van der Waals surface area contributed by atoms with Crippen LogP contribution in [0, 0.1) is 5.82 Å². The Bertz CT molecular complexity index is 688. The maximum absolute atomic E-state index is 14.3. The van der Waals surface area contributed by atoms with Gasteiger partial charge < -0.3 is 10.5 Å². The first-order valence-corrected chi connectivity index (χ1v) is 6.28. The zero-order valence-electron chi connectivity index (χ0n) is 11.8. The van der Waals surface area contributed by atoms with Gasteiger partial charge in [0.25, 0.3) is 0 Å². The topological polar surface area (TPSA) is 102 Å². The minimum Gasteiger partial charge on any atom is -0.378 e. The minimum absolute atomic E-state index is 0.121. The van der Waals surface area contributed by atoms with E-state index in [9.17, 15) is 9.18 Å². The van der Waals surface area contributed by atoms with Gasteiger partial charge in [0.15, 0.2) is 0 Å². The lowest BCUT2D eigenvalue weighted by atomic mass is 10.0. The molecule has 0 aliphatic heterocycles. The molecule has 22 heavy (non-hydrogen) atoms. The number of hydrogen-bond donors (Lipinski definition) is 2. The largest absolute Gasteiger partial charge is 0.378 e. The quantitative estimate of drug-likeness (QED) is 0.470. The van der Waals surface area contributed by atoms with Gasteiger partial charge in [-0.25, -0.2) is 19.8 Å². The average Bonchev–Trinajstić information content (AvgIpc) is 2.52. The predicted octanol–water partition coefficient (Wildman–Crippen LogP) is 0.961. The molecule has 1 aromatic carbocycles. The Morgan fingerprint density at radius 3 is 2.77 bits per heavy atom. The van der Waals surface area contributed by atoms with Gasteiger partial charge in [-0.05, 0) is 6.07 Å². The van der Waals surface area contributed by atoms with Gasteiger partial charge in [0.05, 0.1) is 12.3 Å². The van der Waals surface area contributed by atoms with Crippen LogP contribution < -0.4 is 11.2 Å². The molecule has 0 unspecified atom stereocenters. The van der Waals surface area contributed by atoms with Crippen LogP contribution in [0.25, 0.3) is 11.1 Å². The molecule has 1 amide bonds. The zero-order chi connectivity index (χ0) is 15.9. The van der Waals surface area contributed by atoms with E-state index in [0.717, 1.165) is 0 Å². The Morgan fingerprint density at radius 2 is 2.18 bits per heavy atom. The molecule has 0 fully saturated rings. The molecule has 1 aromatic heterocycles. The van der Waals surface area contributed by atoms with Crippen molar-refractivity contribution in [3.63, 3.8) is 0 Å². The van der Waals surface area contributed by atoms with E-state index in [4.69, 9.17) is 10.5 Å². The maximum Gasteiger partial charge on any atom is 0.227 e. The lowest BCUT2D eigenvalue weighted by Crippen LogP contribution is -2.15. The summed E-state index contributed by atoms with van der Waals surface area (Å²) in [7, 11) is 1.48. The molecule has 8 heteroatoms. The summed E-state index contributed by atoms with van der Waals surface area (Å²) in [5, 5.41) is 3.82. The summed E-state index contributed by atoms with van der Waals surface area (Å²) >= 11 is 0. The molecule has 0 spiro atoms. The minimum atomic E-state index is -0.472. The first-order chi connectivity index (χ1) is 10.7. The Labute approximate surface area is 126 Å². The number of anilines is 1. The van der Waals surface area contributed by atoms with Crippen molar-refractivity contribution in [3.8, 4) is 11.1 Å². The highest BCUT2D eigenvalue weighted by molar-refractivity contribution is 6.02. The van der Waals surface area contributed by atoms with Crippen LogP contribution in [0.2, 0.25) is 0 Å². The second-order valence-electron chi connectivity index (χ2n) is 4.26. The van der Waals surface area contributed by atoms with E-state index in [0.29, 0.717) is 28.8 Å². The summed E-state index contributed by atoms with van der Waals surface area (Å²) < 4.78 is 19.3. The van der Waals surface area contributed by atoms with Crippen molar-refractivity contribution in [1.82, 2.24) is 15.4 Å². The van der Waals surface area contributed by atoms with E-state index in [-0.39, 0.29) is 12.6 Å². The van der Waals surface area contributed by atoms with Gasteiger partial charge in [-0.1, -0.05) is 12.1 Å². The third kappa shape index (κ3) is 3.61. The number of ether oxygens (including phenoxy) is 1. The molecule has 0 aliphatic rings. The molecule has 7 nitrogen and oxygen atoms in total. The fourth-order valence-corrected chi connectivity index (χ4v) is 1.83. The van der Waals surface area contributed by atoms with Gasteiger partial charge >= 0.3 is 0 Å². The third-order valence-electron chi connectivity index (χ3n) is 2.82. The Kier molecular flexibility index (Phi) is 5.10. The van der Waals surface area contributed by atoms with Gasteiger partial charge in [-0.2, -0.15) is 5.10 Å². The molecule has 2 rings (SSSR count). The fraction of sp³-hybridized carbons (Fsp3) is 0.143. The van der Waals surface area contributed by atoms with E-state index in [1.165, 1.54) is 25.6 Å². The zero-order valence-corrected chi connectivity index (χ0v) is 11.8. The van der Waals surface area contributed by atoms with Crippen LogP contribution in [-0.4, -0.2) is 35.8 Å². The van der Waals surface area contributed by atoms with Crippen molar-refractivity contribution < 1.29 is 13.9 Å². The van der Waals surface area contributed by atoms with Crippen LogP contribution in [0.15, 0.2) is 35.7 Å². The van der Waals surface area contributed by atoms with E-state index in [2.05, 4.69) is 20.5 Å². The standard InChI is InChI=1S/C14H14FN5O2/c1-22-7-13(20-19-8-21)9-2-3-11(12(15)4-9)10-5-17-14(16)18-6-10/h2-6,8H,7H2,1H3,(H,19,21)(H2,16,17,18)/b20-13+. The van der Waals surface area contributed by atoms with Gasteiger partial charge in [-0.15, -0.1) is 0 Å². The molecular formula is C14H14FN5O2. The second-order valence-corrected chi connectivity index (χ2v) is 4.26. The monoisotopic (exact) mass is 303 g/mol. The normalized spacial score (nSPS) is 11.3. The van der Waals surface area contributed by atoms with E-state index in [1.54, 1.807) is 12.1 Å². The molecule has 2 aromatic rings. The highest BCUT2D eigenvalue weighted by Crippen LogP contribution is 2.23. The van der Waals surface area contributed by atoms with E-state index >= 15 is 0 Å². The molecule has 0 atom stereocenters. The maximum atomic E-state index is 14.3. The lowest BCUT2D eigenvalue weighted by molar-refractivity contribution is -0.109. The summed E-state index contributed by atoms with van der Waals surface area (Å²) in [6, 6.07) is 4.54. The van der Waals surface area contributed by atoms with Crippen LogP contribution in [0.5, 0.6) is 0 Å². The van der Waals surface area contributed by atoms with Gasteiger partial charge in [0, 0.05) is 36.2 Å². The van der Waals surface area contributed by atoms with Crippen molar-refractivity contribution in [2.24, 2.45) is 5.10 Å². The summed E-state index contributed by atoms with van der Waals surface area (Å²) in [5.41, 5.74) is 9.32. The fourth-order valence-electron chi connectivity index (χ4n) is 1.83. The highest BCUT2D eigenvalue weighted by Gasteiger charge is 2.11. The SMILES string of the molecule is COC/C(=N\NC=O)c1ccc(-c2cnc(N)nc2)c(F)c1. The number of aromatic nitrogens is 2. The number of carbonyl (C=O) groups excluding carboxylic acids is 1. The van der Waals surface area contributed by atoms with E-state index < -0.39 is 5.82 Å². The number of nitrogen functional groups attached to an aromatic ring is 1. The average molecular weight is 303 g/mol. The van der Waals surface area contributed by atoms with Crippen LogP contribution in [-0.2, 0) is 9.53 Å². The van der Waals surface area contributed by atoms with Crippen LogP contribution >= 0.6 is 0 Å². The van der Waals surface area contributed by atoms with Crippen LogP contribution in [0.3, 0.4) is 0 Å². The smallest absolute Gasteiger partial charge is 0.227 e. The molecule has 0 radical (unpaired) electrons. The van der Waals surface area contributed by atoms with Gasteiger partial charge in [0.1, 0.15) is 5.82 Å². The first-order valence-electron chi connectivity index (χ1n) is 6.28. The summed E-state index contributed by atoms with van der Waals surface area (Å²) in [6.07, 6.45) is 3.31. The summed E-state index contributed by atoms with van der Waals surface area (Å²) in [6.45, 7) is 0.130. The Balaban J connectivity index is 2.35. The summed E-state index contributed by atoms with van der Waals surface area (Å²) in [5.74, 6) is -0.351. The van der Waals surface area contributed by atoms with E-state index in [1.807, 2.05) is 0 Å². The molecule has 1 heterocycles. The number of nitrogens with two attached hydrogens (primary N) is 1. The molecule has 0 bridgehead atoms. The number of methoxy groups -OCH3 is 1. The number of nitrogens with one attached hydrogen (secondary N) is 1. The molecule has 114 valence electrons. The Hall–Kier alpha value is -2.87. The Morgan fingerprint density at radius 1 is 1.45 bits per heavy atom. The predicted molar refractivity (Wildman–Crippen MR) is 79.5 cm³/mol. The number of carbonyl (C=O) groups is 1. The number of amides is 1. The lowest BCUT2D eigenvalue weighted by Gasteiger charge is -2.08. The third-order valence-corrected chi connectivity index (χ3v) is 2.82. The molecule has 0 saturated carbocycles. The number of rotatable bonds is 6. The van der Waals surface area contributed by atoms with Crippen molar-refractivity contribution in [3.05, 3.63) is 42.0 Å². The second kappa shape index (κ2) is 7.23.